The molecule has 29 heavy (non-hydrogen) atoms. The van der Waals surface area contributed by atoms with Crippen LogP contribution in [0.15, 0.2) is 42.5 Å². The maximum Gasteiger partial charge on any atom is 0.242 e. The van der Waals surface area contributed by atoms with Gasteiger partial charge in [-0.3, -0.25) is 9.59 Å². The quantitative estimate of drug-likeness (QED) is 0.666. The van der Waals surface area contributed by atoms with E-state index in [1.807, 2.05) is 6.92 Å². The first-order chi connectivity index (χ1) is 13.8. The second-order valence-electron chi connectivity index (χ2n) is 7.17. The summed E-state index contributed by atoms with van der Waals surface area (Å²) in [5.41, 5.74) is 3.95. The van der Waals surface area contributed by atoms with Crippen LogP contribution in [0.3, 0.4) is 0 Å². The second-order valence-corrected chi connectivity index (χ2v) is 8.16. The van der Waals surface area contributed by atoms with Gasteiger partial charge in [0.15, 0.2) is 0 Å². The standard InChI is InChI=1S/C23H29FN2O2S/c1-5-25-23(28)18(4)26(13-20-8-6-7-9-21(20)24)22(27)15-29-14-19-11-16(2)10-17(3)12-19/h6-12,18H,5,13-15H2,1-4H3,(H,25,28)/t18-/m1/s1. The first-order valence-corrected chi connectivity index (χ1v) is 10.9. The smallest absolute Gasteiger partial charge is 0.242 e. The molecule has 0 aliphatic heterocycles. The van der Waals surface area contributed by atoms with Crippen LogP contribution in [0, 0.1) is 19.7 Å². The largest absolute Gasteiger partial charge is 0.355 e. The first-order valence-electron chi connectivity index (χ1n) is 9.77. The normalized spacial score (nSPS) is 11.8. The number of halogens is 1. The number of benzene rings is 2. The molecule has 0 saturated carbocycles. The number of thioether (sulfide) groups is 1. The molecule has 1 N–H and O–H groups in total. The Hall–Kier alpha value is -2.34. The highest BCUT2D eigenvalue weighted by molar-refractivity contribution is 7.99. The average molecular weight is 417 g/mol. The summed E-state index contributed by atoms with van der Waals surface area (Å²) in [6, 6.07) is 12.0. The van der Waals surface area contributed by atoms with Gasteiger partial charge in [0.05, 0.1) is 5.75 Å². The highest BCUT2D eigenvalue weighted by atomic mass is 32.2. The van der Waals surface area contributed by atoms with Crippen molar-refractivity contribution in [3.8, 4) is 0 Å². The van der Waals surface area contributed by atoms with Crippen LogP contribution in [0.1, 0.15) is 36.1 Å². The Morgan fingerprint density at radius 1 is 1.14 bits per heavy atom. The number of aryl methyl sites for hydroxylation is 2. The van der Waals surface area contributed by atoms with Gasteiger partial charge in [-0.2, -0.15) is 0 Å². The molecule has 0 heterocycles. The molecule has 0 bridgehead atoms. The van der Waals surface area contributed by atoms with E-state index in [9.17, 15) is 14.0 Å². The zero-order valence-corrected chi connectivity index (χ0v) is 18.3. The highest BCUT2D eigenvalue weighted by Crippen LogP contribution is 2.19. The minimum absolute atomic E-state index is 0.0634. The van der Waals surface area contributed by atoms with Crippen LogP contribution in [-0.2, 0) is 21.9 Å². The molecule has 2 amide bonds. The van der Waals surface area contributed by atoms with Crippen LogP contribution in [-0.4, -0.2) is 35.1 Å². The predicted octanol–water partition coefficient (Wildman–Crippen LogP) is 4.23. The summed E-state index contributed by atoms with van der Waals surface area (Å²) < 4.78 is 14.1. The molecule has 4 nitrogen and oxygen atoms in total. The average Bonchev–Trinajstić information content (AvgIpc) is 2.66. The predicted molar refractivity (Wildman–Crippen MR) is 117 cm³/mol. The third-order valence-electron chi connectivity index (χ3n) is 4.59. The Labute approximate surface area is 176 Å². The van der Waals surface area contributed by atoms with Crippen molar-refractivity contribution in [1.29, 1.82) is 0 Å². The molecule has 0 radical (unpaired) electrons. The SMILES string of the molecule is CCNC(=O)[C@@H](C)N(Cc1ccccc1F)C(=O)CSCc1cc(C)cc(C)c1. The number of carbonyl (C=O) groups excluding carboxylic acids is 2. The molecular weight excluding hydrogens is 387 g/mol. The molecule has 0 aliphatic carbocycles. The van der Waals surface area contributed by atoms with Crippen LogP contribution in [0.25, 0.3) is 0 Å². The zero-order chi connectivity index (χ0) is 21.4. The van der Waals surface area contributed by atoms with Gasteiger partial charge >= 0.3 is 0 Å². The second kappa shape index (κ2) is 11.0. The van der Waals surface area contributed by atoms with E-state index in [0.29, 0.717) is 17.9 Å². The summed E-state index contributed by atoms with van der Waals surface area (Å²) in [6.07, 6.45) is 0. The van der Waals surface area contributed by atoms with Crippen LogP contribution in [0.2, 0.25) is 0 Å². The van der Waals surface area contributed by atoms with Crippen molar-refractivity contribution in [3.63, 3.8) is 0 Å². The van der Waals surface area contributed by atoms with Crippen molar-refractivity contribution in [3.05, 3.63) is 70.5 Å². The van der Waals surface area contributed by atoms with Gasteiger partial charge in [-0.15, -0.1) is 11.8 Å². The van der Waals surface area contributed by atoms with Crippen molar-refractivity contribution in [2.75, 3.05) is 12.3 Å². The van der Waals surface area contributed by atoms with Gasteiger partial charge in [0.2, 0.25) is 11.8 Å². The van der Waals surface area contributed by atoms with Gasteiger partial charge in [0, 0.05) is 24.4 Å². The van der Waals surface area contributed by atoms with Crippen molar-refractivity contribution in [2.45, 2.75) is 46.0 Å². The maximum absolute atomic E-state index is 14.1. The molecule has 156 valence electrons. The Balaban J connectivity index is 2.08. The molecule has 2 rings (SSSR count). The molecule has 0 spiro atoms. The molecule has 0 aromatic heterocycles. The van der Waals surface area contributed by atoms with Gasteiger partial charge in [0.25, 0.3) is 0 Å². The third-order valence-corrected chi connectivity index (χ3v) is 5.58. The number of nitrogens with one attached hydrogen (secondary N) is 1. The number of likely N-dealkylation sites (N-methyl/N-ethyl adjacent to an activating group) is 1. The Morgan fingerprint density at radius 3 is 2.41 bits per heavy atom. The molecule has 0 unspecified atom stereocenters. The number of nitrogens with zero attached hydrogens (tertiary/aromatic N) is 1. The summed E-state index contributed by atoms with van der Waals surface area (Å²) in [5.74, 6) is 0.136. The molecule has 0 saturated heterocycles. The van der Waals surface area contributed by atoms with E-state index in [1.165, 1.54) is 33.9 Å². The fourth-order valence-electron chi connectivity index (χ4n) is 3.21. The van der Waals surface area contributed by atoms with Gasteiger partial charge in [-0.05, 0) is 39.3 Å². The number of amides is 2. The summed E-state index contributed by atoms with van der Waals surface area (Å²) in [6.45, 7) is 8.15. The lowest BCUT2D eigenvalue weighted by Crippen LogP contribution is -2.48. The van der Waals surface area contributed by atoms with E-state index >= 15 is 0 Å². The van der Waals surface area contributed by atoms with Gasteiger partial charge < -0.3 is 10.2 Å². The molecule has 6 heteroatoms. The Kier molecular flexibility index (Phi) is 8.70. The lowest BCUT2D eigenvalue weighted by Gasteiger charge is -2.28. The van der Waals surface area contributed by atoms with Crippen LogP contribution in [0.5, 0.6) is 0 Å². The highest BCUT2D eigenvalue weighted by Gasteiger charge is 2.26. The topological polar surface area (TPSA) is 49.4 Å². The summed E-state index contributed by atoms with van der Waals surface area (Å²) in [5, 5.41) is 2.74. The zero-order valence-electron chi connectivity index (χ0n) is 17.5. The maximum atomic E-state index is 14.1. The molecule has 0 aliphatic rings. The Morgan fingerprint density at radius 2 is 1.79 bits per heavy atom. The summed E-state index contributed by atoms with van der Waals surface area (Å²) >= 11 is 1.50. The van der Waals surface area contributed by atoms with Gasteiger partial charge in [-0.25, -0.2) is 4.39 Å². The fraction of sp³-hybridized carbons (Fsp3) is 0.391. The fourth-order valence-corrected chi connectivity index (χ4v) is 4.05. The van der Waals surface area contributed by atoms with Crippen molar-refractivity contribution >= 4 is 23.6 Å². The van der Waals surface area contributed by atoms with E-state index < -0.39 is 6.04 Å². The Bertz CT molecular complexity index is 836. The van der Waals surface area contributed by atoms with Crippen molar-refractivity contribution in [2.24, 2.45) is 0 Å². The summed E-state index contributed by atoms with van der Waals surface area (Å²) in [4.78, 5) is 26.7. The number of hydrogen-bond donors (Lipinski definition) is 1. The summed E-state index contributed by atoms with van der Waals surface area (Å²) in [7, 11) is 0. The van der Waals surface area contributed by atoms with E-state index in [2.05, 4.69) is 37.4 Å². The van der Waals surface area contributed by atoms with Crippen LogP contribution in [0.4, 0.5) is 4.39 Å². The molecule has 2 aromatic carbocycles. The molecule has 1 atom stereocenters. The minimum Gasteiger partial charge on any atom is -0.355 e. The molecule has 2 aromatic rings. The first kappa shape index (κ1) is 22.9. The van der Waals surface area contributed by atoms with E-state index in [-0.39, 0.29) is 29.9 Å². The number of hydrogen-bond acceptors (Lipinski definition) is 3. The van der Waals surface area contributed by atoms with E-state index in [0.717, 1.165) is 5.56 Å². The number of rotatable bonds is 9. The lowest BCUT2D eigenvalue weighted by molar-refractivity contribution is -0.138. The monoisotopic (exact) mass is 416 g/mol. The van der Waals surface area contributed by atoms with E-state index in [4.69, 9.17) is 0 Å². The van der Waals surface area contributed by atoms with Gasteiger partial charge in [-0.1, -0.05) is 47.5 Å². The van der Waals surface area contributed by atoms with Crippen LogP contribution >= 0.6 is 11.8 Å². The number of carbonyl (C=O) groups is 2. The van der Waals surface area contributed by atoms with Crippen molar-refractivity contribution < 1.29 is 14.0 Å². The third kappa shape index (κ3) is 6.89. The lowest BCUT2D eigenvalue weighted by atomic mass is 10.1. The minimum atomic E-state index is -0.677. The van der Waals surface area contributed by atoms with Gasteiger partial charge in [0.1, 0.15) is 11.9 Å². The molecular formula is C23H29FN2O2S. The van der Waals surface area contributed by atoms with Crippen LogP contribution < -0.4 is 5.32 Å². The van der Waals surface area contributed by atoms with E-state index in [1.54, 1.807) is 25.1 Å². The van der Waals surface area contributed by atoms with Crippen molar-refractivity contribution in [1.82, 2.24) is 10.2 Å². The molecule has 0 fully saturated rings.